The molecule has 1 aromatic heterocycles. The lowest BCUT2D eigenvalue weighted by Crippen LogP contribution is -2.58. The third kappa shape index (κ3) is 8.66. The van der Waals surface area contributed by atoms with Gasteiger partial charge in [-0.25, -0.2) is 4.79 Å². The number of carboxylic acid groups (broad SMARTS) is 1. The molecule has 5 atom stereocenters. The molecule has 2 aromatic rings. The monoisotopic (exact) mass is 553 g/mol. The van der Waals surface area contributed by atoms with E-state index in [-0.39, 0.29) is 23.5 Å². The Labute approximate surface area is 225 Å². The minimum absolute atomic E-state index is 0.137. The van der Waals surface area contributed by atoms with Crippen LogP contribution in [0.25, 0.3) is 10.9 Å². The van der Waals surface area contributed by atoms with E-state index in [0.717, 1.165) is 28.2 Å². The second kappa shape index (κ2) is 14.3. The first-order valence-electron chi connectivity index (χ1n) is 11.8. The highest BCUT2D eigenvalue weighted by Gasteiger charge is 2.31. The van der Waals surface area contributed by atoms with Crippen molar-refractivity contribution in [3.63, 3.8) is 0 Å². The number of aromatic amines is 1. The van der Waals surface area contributed by atoms with Gasteiger partial charge < -0.3 is 36.5 Å². The summed E-state index contributed by atoms with van der Waals surface area (Å²) in [6, 6.07) is 3.74. The molecule has 13 heteroatoms. The number of carbonyl (C=O) groups is 4. The number of aromatic nitrogens is 1. The summed E-state index contributed by atoms with van der Waals surface area (Å²) in [4.78, 5) is 53.3. The van der Waals surface area contributed by atoms with E-state index in [0.29, 0.717) is 0 Å². The SMILES string of the molecule is CN[C@H](SC(=O)N[C@@H](Cc1c[nH]c2ccccc12)C(=O)N[C@@H](CS)C(=O)N[C@H](C(=O)O)[C@@H](C)O)C(C)C. The summed E-state index contributed by atoms with van der Waals surface area (Å²) in [6.45, 7) is 5.16. The van der Waals surface area contributed by atoms with Crippen LogP contribution < -0.4 is 21.3 Å². The predicted octanol–water partition coefficient (Wildman–Crippen LogP) is 1.09. The van der Waals surface area contributed by atoms with Gasteiger partial charge in [-0.2, -0.15) is 12.6 Å². The maximum absolute atomic E-state index is 13.3. The Morgan fingerprint density at radius 2 is 1.68 bits per heavy atom. The van der Waals surface area contributed by atoms with Crippen LogP contribution in [-0.4, -0.2) is 80.6 Å². The first kappa shape index (κ1) is 30.5. The summed E-state index contributed by atoms with van der Waals surface area (Å²) in [7, 11) is 1.74. The van der Waals surface area contributed by atoms with Crippen LogP contribution in [0.4, 0.5) is 4.79 Å². The van der Waals surface area contributed by atoms with Crippen LogP contribution in [0.15, 0.2) is 30.5 Å². The predicted molar refractivity (Wildman–Crippen MR) is 147 cm³/mol. The first-order chi connectivity index (χ1) is 17.5. The van der Waals surface area contributed by atoms with E-state index in [9.17, 15) is 29.4 Å². The third-order valence-corrected chi connectivity index (χ3v) is 7.42. The summed E-state index contributed by atoms with van der Waals surface area (Å²) in [5, 5.41) is 29.8. The second-order valence-corrected chi connectivity index (χ2v) is 10.4. The van der Waals surface area contributed by atoms with E-state index >= 15 is 0 Å². The third-order valence-electron chi connectivity index (χ3n) is 5.69. The van der Waals surface area contributed by atoms with Crippen LogP contribution in [0.1, 0.15) is 26.3 Å². The lowest BCUT2D eigenvalue weighted by atomic mass is 10.0. The molecule has 7 N–H and O–H groups in total. The van der Waals surface area contributed by atoms with E-state index in [4.69, 9.17) is 0 Å². The van der Waals surface area contributed by atoms with Crippen molar-refractivity contribution in [3.05, 3.63) is 36.0 Å². The number of aliphatic hydroxyl groups excluding tert-OH is 1. The molecule has 1 aromatic carbocycles. The Balaban J connectivity index is 2.24. The molecule has 11 nitrogen and oxygen atoms in total. The Bertz CT molecular complexity index is 1090. The van der Waals surface area contributed by atoms with Crippen LogP contribution in [0.5, 0.6) is 0 Å². The lowest BCUT2D eigenvalue weighted by molar-refractivity contribution is -0.145. The van der Waals surface area contributed by atoms with Crippen molar-refractivity contribution < 1.29 is 29.4 Å². The quantitative estimate of drug-likeness (QED) is 0.134. The molecule has 0 unspecified atom stereocenters. The van der Waals surface area contributed by atoms with E-state index in [1.54, 1.807) is 13.2 Å². The lowest BCUT2D eigenvalue weighted by Gasteiger charge is -2.25. The molecule has 0 fully saturated rings. The van der Waals surface area contributed by atoms with Gasteiger partial charge >= 0.3 is 5.97 Å². The number of thioether (sulfide) groups is 1. The van der Waals surface area contributed by atoms with Gasteiger partial charge in [0.05, 0.1) is 11.5 Å². The summed E-state index contributed by atoms with van der Waals surface area (Å²) in [5.74, 6) is -2.86. The minimum Gasteiger partial charge on any atom is -0.480 e. The topological polar surface area (TPSA) is 173 Å². The number of hydrogen-bond acceptors (Lipinski definition) is 8. The van der Waals surface area contributed by atoms with Crippen molar-refractivity contribution in [1.29, 1.82) is 0 Å². The van der Waals surface area contributed by atoms with Gasteiger partial charge in [0, 0.05) is 29.3 Å². The molecule has 0 aliphatic rings. The van der Waals surface area contributed by atoms with Gasteiger partial charge in [-0.1, -0.05) is 32.0 Å². The highest BCUT2D eigenvalue weighted by molar-refractivity contribution is 8.14. The number of benzene rings is 1. The molecule has 3 amide bonds. The van der Waals surface area contributed by atoms with Crippen molar-refractivity contribution in [2.24, 2.45) is 5.92 Å². The largest absolute Gasteiger partial charge is 0.480 e. The molecular formula is C24H35N5O6S2. The van der Waals surface area contributed by atoms with Crippen LogP contribution in [0.3, 0.4) is 0 Å². The Morgan fingerprint density at radius 3 is 2.24 bits per heavy atom. The number of amides is 3. The highest BCUT2D eigenvalue weighted by atomic mass is 32.2. The molecule has 37 heavy (non-hydrogen) atoms. The molecule has 0 aliphatic heterocycles. The van der Waals surface area contributed by atoms with E-state index in [2.05, 4.69) is 38.9 Å². The number of H-pyrrole nitrogens is 1. The zero-order valence-corrected chi connectivity index (χ0v) is 22.9. The molecule has 0 radical (unpaired) electrons. The first-order valence-corrected chi connectivity index (χ1v) is 13.3. The number of aliphatic hydroxyl groups is 1. The van der Waals surface area contributed by atoms with Crippen LogP contribution in [-0.2, 0) is 20.8 Å². The fourth-order valence-electron chi connectivity index (χ4n) is 3.66. The highest BCUT2D eigenvalue weighted by Crippen LogP contribution is 2.21. The number of carboxylic acids is 1. The number of nitrogens with one attached hydrogen (secondary N) is 5. The zero-order chi connectivity index (χ0) is 27.7. The molecular weight excluding hydrogens is 518 g/mol. The van der Waals surface area contributed by atoms with Gasteiger partial charge in [-0.15, -0.1) is 0 Å². The molecule has 0 saturated carbocycles. The number of fused-ring (bicyclic) bond motifs is 1. The number of para-hydroxylation sites is 1. The number of carbonyl (C=O) groups excluding carboxylic acids is 3. The number of hydrogen-bond donors (Lipinski definition) is 8. The van der Waals surface area contributed by atoms with E-state index in [1.165, 1.54) is 6.92 Å². The standard InChI is InChI=1S/C24H35N5O6S2/c1-12(2)22(25-4)37-24(35)28-17(9-14-10-26-16-8-6-5-7-15(14)16)20(31)27-18(11-36)21(32)29-19(13(3)30)23(33)34/h5-8,10,12-13,17-19,22,25-26,30,36H,9,11H2,1-4H3,(H,27,31)(H,28,35)(H,29,32)(H,33,34)/t13-,17+,18+,19+,22-/m1/s1. The molecule has 0 aliphatic carbocycles. The van der Waals surface area contributed by atoms with E-state index < -0.39 is 47.3 Å². The molecule has 1 heterocycles. The average Bonchev–Trinajstić information content (AvgIpc) is 3.25. The van der Waals surface area contributed by atoms with Crippen molar-refractivity contribution in [2.75, 3.05) is 12.8 Å². The average molecular weight is 554 g/mol. The maximum atomic E-state index is 13.3. The zero-order valence-electron chi connectivity index (χ0n) is 21.1. The van der Waals surface area contributed by atoms with E-state index in [1.807, 2.05) is 38.1 Å². The van der Waals surface area contributed by atoms with Gasteiger partial charge in [0.2, 0.25) is 11.8 Å². The summed E-state index contributed by atoms with van der Waals surface area (Å²) in [6.07, 6.45) is 0.544. The van der Waals surface area contributed by atoms with Gasteiger partial charge in [-0.05, 0) is 43.3 Å². The molecule has 0 saturated heterocycles. The van der Waals surface area contributed by atoms with Crippen molar-refractivity contribution in [3.8, 4) is 0 Å². The van der Waals surface area contributed by atoms with Crippen LogP contribution >= 0.6 is 24.4 Å². The fourth-order valence-corrected chi connectivity index (χ4v) is 4.75. The maximum Gasteiger partial charge on any atom is 0.328 e. The van der Waals surface area contributed by atoms with Crippen LogP contribution in [0.2, 0.25) is 0 Å². The van der Waals surface area contributed by atoms with Gasteiger partial charge in [0.15, 0.2) is 6.04 Å². The fraction of sp³-hybridized carbons (Fsp3) is 0.500. The van der Waals surface area contributed by atoms with Gasteiger partial charge in [-0.3, -0.25) is 14.4 Å². The van der Waals surface area contributed by atoms with Crippen molar-refractivity contribution >= 4 is 58.3 Å². The minimum atomic E-state index is -1.56. The number of rotatable bonds is 13. The number of aliphatic carboxylic acids is 1. The summed E-state index contributed by atoms with van der Waals surface area (Å²) < 4.78 is 0. The summed E-state index contributed by atoms with van der Waals surface area (Å²) in [5.41, 5.74) is 1.67. The smallest absolute Gasteiger partial charge is 0.328 e. The normalized spacial score (nSPS) is 15.4. The Hall–Kier alpha value is -2.74. The molecule has 2 rings (SSSR count). The van der Waals surface area contributed by atoms with Gasteiger partial charge in [0.25, 0.3) is 5.24 Å². The Kier molecular flexibility index (Phi) is 11.8. The van der Waals surface area contributed by atoms with Gasteiger partial charge in [0.1, 0.15) is 12.1 Å². The second-order valence-electron chi connectivity index (χ2n) is 8.93. The van der Waals surface area contributed by atoms with Crippen molar-refractivity contribution in [1.82, 2.24) is 26.3 Å². The molecule has 0 bridgehead atoms. The Morgan fingerprint density at radius 1 is 1.03 bits per heavy atom. The van der Waals surface area contributed by atoms with Crippen LogP contribution in [0, 0.1) is 5.92 Å². The molecule has 204 valence electrons. The van der Waals surface area contributed by atoms with Crippen molar-refractivity contribution in [2.45, 2.75) is 56.8 Å². The number of thiol groups is 1. The summed E-state index contributed by atoms with van der Waals surface area (Å²) >= 11 is 5.15. The molecule has 0 spiro atoms.